The third-order valence-electron chi connectivity index (χ3n) is 2.28. The van der Waals surface area contributed by atoms with Crippen molar-refractivity contribution >= 4 is 46.6 Å². The number of halogens is 3. The van der Waals surface area contributed by atoms with Gasteiger partial charge in [-0.1, -0.05) is 40.9 Å². The SMILES string of the molecule is O=C(NC(=O)c1c(Cl)ncc(Cl)c1Cl)c1ccccn1. The first-order chi connectivity index (χ1) is 9.50. The van der Waals surface area contributed by atoms with Crippen LogP contribution in [0, 0.1) is 0 Å². The third kappa shape index (κ3) is 3.07. The highest BCUT2D eigenvalue weighted by molar-refractivity contribution is 6.46. The zero-order chi connectivity index (χ0) is 14.7. The van der Waals surface area contributed by atoms with Gasteiger partial charge in [0.25, 0.3) is 11.8 Å². The van der Waals surface area contributed by atoms with Crippen molar-refractivity contribution < 1.29 is 9.59 Å². The van der Waals surface area contributed by atoms with Crippen LogP contribution in [-0.4, -0.2) is 21.8 Å². The molecule has 20 heavy (non-hydrogen) atoms. The lowest BCUT2D eigenvalue weighted by molar-refractivity contribution is 0.0846. The van der Waals surface area contributed by atoms with Crippen LogP contribution >= 0.6 is 34.8 Å². The van der Waals surface area contributed by atoms with Crippen LogP contribution in [0.25, 0.3) is 0 Å². The maximum Gasteiger partial charge on any atom is 0.276 e. The van der Waals surface area contributed by atoms with Crippen LogP contribution in [0.1, 0.15) is 20.8 Å². The van der Waals surface area contributed by atoms with Crippen molar-refractivity contribution in [3.05, 3.63) is 57.0 Å². The molecule has 0 unspecified atom stereocenters. The molecule has 5 nitrogen and oxygen atoms in total. The molecular formula is C12H6Cl3N3O2. The van der Waals surface area contributed by atoms with E-state index in [1.807, 2.05) is 0 Å². The summed E-state index contributed by atoms with van der Waals surface area (Å²) in [6, 6.07) is 4.72. The van der Waals surface area contributed by atoms with E-state index in [0.29, 0.717) is 0 Å². The number of hydrogen-bond donors (Lipinski definition) is 1. The second kappa shape index (κ2) is 6.17. The van der Waals surface area contributed by atoms with Crippen molar-refractivity contribution in [3.8, 4) is 0 Å². The first kappa shape index (κ1) is 14.7. The van der Waals surface area contributed by atoms with Gasteiger partial charge in [0, 0.05) is 12.4 Å². The Hall–Kier alpha value is -1.69. The number of carbonyl (C=O) groups is 2. The summed E-state index contributed by atoms with van der Waals surface area (Å²) in [4.78, 5) is 31.3. The van der Waals surface area contributed by atoms with Crippen LogP contribution in [0.15, 0.2) is 30.6 Å². The average molecular weight is 331 g/mol. The molecule has 0 aliphatic carbocycles. The lowest BCUT2D eigenvalue weighted by Crippen LogP contribution is -2.31. The van der Waals surface area contributed by atoms with Crippen molar-refractivity contribution in [1.82, 2.24) is 15.3 Å². The Labute approximate surface area is 128 Å². The number of rotatable bonds is 2. The molecule has 0 atom stereocenters. The number of aromatic nitrogens is 2. The quantitative estimate of drug-likeness (QED) is 0.678. The number of carbonyl (C=O) groups excluding carboxylic acids is 2. The van der Waals surface area contributed by atoms with Crippen molar-refractivity contribution in [2.75, 3.05) is 0 Å². The molecule has 2 aromatic rings. The fraction of sp³-hybridized carbons (Fsp3) is 0. The Balaban J connectivity index is 2.26. The summed E-state index contributed by atoms with van der Waals surface area (Å²) in [5.41, 5.74) is -0.0757. The predicted molar refractivity (Wildman–Crippen MR) is 75.3 cm³/mol. The summed E-state index contributed by atoms with van der Waals surface area (Å²) in [6.07, 6.45) is 2.64. The number of nitrogens with one attached hydrogen (secondary N) is 1. The van der Waals surface area contributed by atoms with E-state index in [0.717, 1.165) is 0 Å². The highest BCUT2D eigenvalue weighted by Gasteiger charge is 2.21. The number of amides is 2. The fourth-order valence-corrected chi connectivity index (χ4v) is 2.01. The lowest BCUT2D eigenvalue weighted by Gasteiger charge is -2.07. The summed E-state index contributed by atoms with van der Waals surface area (Å²) < 4.78 is 0. The molecule has 1 N–H and O–H groups in total. The summed E-state index contributed by atoms with van der Waals surface area (Å²) in [6.45, 7) is 0. The topological polar surface area (TPSA) is 72.0 Å². The molecule has 2 amide bonds. The number of imide groups is 1. The van der Waals surface area contributed by atoms with Gasteiger partial charge in [-0.2, -0.15) is 0 Å². The molecule has 0 saturated heterocycles. The normalized spacial score (nSPS) is 10.2. The number of pyridine rings is 2. The summed E-state index contributed by atoms with van der Waals surface area (Å²) >= 11 is 17.4. The minimum atomic E-state index is -0.800. The molecule has 0 bridgehead atoms. The Morgan fingerprint density at radius 3 is 2.45 bits per heavy atom. The van der Waals surface area contributed by atoms with Gasteiger partial charge in [-0.05, 0) is 12.1 Å². The van der Waals surface area contributed by atoms with Gasteiger partial charge in [0.1, 0.15) is 10.8 Å². The van der Waals surface area contributed by atoms with Crippen molar-refractivity contribution in [2.45, 2.75) is 0 Å². The van der Waals surface area contributed by atoms with E-state index in [2.05, 4.69) is 15.3 Å². The van der Waals surface area contributed by atoms with Gasteiger partial charge in [0.2, 0.25) is 0 Å². The minimum Gasteiger partial charge on any atom is -0.287 e. The van der Waals surface area contributed by atoms with Gasteiger partial charge in [0.05, 0.1) is 15.6 Å². The van der Waals surface area contributed by atoms with E-state index in [-0.39, 0.29) is 26.5 Å². The van der Waals surface area contributed by atoms with E-state index in [9.17, 15) is 9.59 Å². The van der Waals surface area contributed by atoms with Gasteiger partial charge in [0.15, 0.2) is 0 Å². The van der Waals surface area contributed by atoms with E-state index < -0.39 is 11.8 Å². The summed E-state index contributed by atoms with van der Waals surface area (Å²) in [5.74, 6) is -1.48. The molecule has 8 heteroatoms. The van der Waals surface area contributed by atoms with Crippen LogP contribution in [0.5, 0.6) is 0 Å². The van der Waals surface area contributed by atoms with Gasteiger partial charge in [-0.25, -0.2) is 4.98 Å². The van der Waals surface area contributed by atoms with Crippen LogP contribution in [-0.2, 0) is 0 Å². The molecule has 0 saturated carbocycles. The Morgan fingerprint density at radius 1 is 1.05 bits per heavy atom. The van der Waals surface area contributed by atoms with E-state index in [1.54, 1.807) is 12.1 Å². The maximum absolute atomic E-state index is 12.0. The fourth-order valence-electron chi connectivity index (χ4n) is 1.36. The van der Waals surface area contributed by atoms with Gasteiger partial charge in [-0.15, -0.1) is 0 Å². The molecule has 2 aromatic heterocycles. The molecule has 2 rings (SSSR count). The number of nitrogens with zero attached hydrogens (tertiary/aromatic N) is 2. The first-order valence-corrected chi connectivity index (χ1v) is 6.40. The average Bonchev–Trinajstić information content (AvgIpc) is 2.44. The molecule has 2 heterocycles. The van der Waals surface area contributed by atoms with E-state index in [1.165, 1.54) is 18.5 Å². The molecule has 102 valence electrons. The van der Waals surface area contributed by atoms with Crippen molar-refractivity contribution in [3.63, 3.8) is 0 Å². The maximum atomic E-state index is 12.0. The summed E-state index contributed by atoms with van der Waals surface area (Å²) in [7, 11) is 0. The van der Waals surface area contributed by atoms with Crippen molar-refractivity contribution in [2.24, 2.45) is 0 Å². The molecular weight excluding hydrogens is 325 g/mol. The monoisotopic (exact) mass is 329 g/mol. The molecule has 0 radical (unpaired) electrons. The largest absolute Gasteiger partial charge is 0.287 e. The van der Waals surface area contributed by atoms with Crippen LogP contribution in [0.3, 0.4) is 0 Å². The van der Waals surface area contributed by atoms with Crippen LogP contribution < -0.4 is 5.32 Å². The van der Waals surface area contributed by atoms with Gasteiger partial charge < -0.3 is 0 Å². The zero-order valence-electron chi connectivity index (χ0n) is 9.73. The molecule has 0 aliphatic rings. The molecule has 0 aliphatic heterocycles. The summed E-state index contributed by atoms with van der Waals surface area (Å²) in [5, 5.41) is 1.96. The standard InChI is InChI=1S/C12H6Cl3N3O2/c13-6-5-17-10(15)8(9(6)14)12(20)18-11(19)7-3-1-2-4-16-7/h1-5H,(H,18,19,20). The Kier molecular flexibility index (Phi) is 4.54. The first-order valence-electron chi connectivity index (χ1n) is 5.27. The predicted octanol–water partition coefficient (Wildman–Crippen LogP) is 3.01. The minimum absolute atomic E-state index is 0.0616. The van der Waals surface area contributed by atoms with Gasteiger partial charge >= 0.3 is 0 Å². The molecule has 0 fully saturated rings. The third-order valence-corrected chi connectivity index (χ3v) is 3.34. The van der Waals surface area contributed by atoms with E-state index in [4.69, 9.17) is 34.8 Å². The molecule has 0 spiro atoms. The van der Waals surface area contributed by atoms with E-state index >= 15 is 0 Å². The second-order valence-corrected chi connectivity index (χ2v) is 4.73. The lowest BCUT2D eigenvalue weighted by atomic mass is 10.2. The van der Waals surface area contributed by atoms with Gasteiger partial charge in [-0.3, -0.25) is 19.9 Å². The van der Waals surface area contributed by atoms with Crippen LogP contribution in [0.4, 0.5) is 0 Å². The van der Waals surface area contributed by atoms with Crippen molar-refractivity contribution in [1.29, 1.82) is 0 Å². The highest BCUT2D eigenvalue weighted by atomic mass is 35.5. The Bertz CT molecular complexity index is 677. The second-order valence-electron chi connectivity index (χ2n) is 3.58. The smallest absolute Gasteiger partial charge is 0.276 e. The Morgan fingerprint density at radius 2 is 1.80 bits per heavy atom. The molecule has 0 aromatic carbocycles. The van der Waals surface area contributed by atoms with Crippen LogP contribution in [0.2, 0.25) is 15.2 Å². The zero-order valence-corrected chi connectivity index (χ0v) is 12.0. The number of hydrogen-bond acceptors (Lipinski definition) is 4. The highest BCUT2D eigenvalue weighted by Crippen LogP contribution is 2.29.